The maximum atomic E-state index is 12.8. The summed E-state index contributed by atoms with van der Waals surface area (Å²) in [7, 11) is 5.41. The van der Waals surface area contributed by atoms with Crippen molar-refractivity contribution in [2.45, 2.75) is 219 Å². The molecular formula is C51H91NO7. The van der Waals surface area contributed by atoms with Gasteiger partial charge in [-0.2, -0.15) is 0 Å². The van der Waals surface area contributed by atoms with Crippen LogP contribution in [0.1, 0.15) is 206 Å². The number of rotatable bonds is 43. The Morgan fingerprint density at radius 3 is 1.41 bits per heavy atom. The molecular weight excluding hydrogens is 739 g/mol. The minimum absolute atomic E-state index is 0.0398. The van der Waals surface area contributed by atoms with Gasteiger partial charge in [0.05, 0.1) is 40.3 Å². The zero-order valence-corrected chi connectivity index (χ0v) is 38.9. The molecule has 0 rings (SSSR count). The molecule has 0 N–H and O–H groups in total. The first kappa shape index (κ1) is 56.3. The Hall–Kier alpha value is -2.71. The second kappa shape index (κ2) is 42.0. The van der Waals surface area contributed by atoms with Gasteiger partial charge in [-0.3, -0.25) is 9.59 Å². The lowest BCUT2D eigenvalue weighted by Gasteiger charge is -2.34. The molecule has 0 aromatic carbocycles. The lowest BCUT2D eigenvalue weighted by molar-refractivity contribution is -0.889. The highest BCUT2D eigenvalue weighted by atomic mass is 16.6. The van der Waals surface area contributed by atoms with Crippen molar-refractivity contribution in [2.24, 2.45) is 0 Å². The van der Waals surface area contributed by atoms with E-state index in [1.165, 1.54) is 103 Å². The topological polar surface area (TPSA) is 102 Å². The van der Waals surface area contributed by atoms with E-state index < -0.39 is 18.1 Å². The highest BCUT2D eigenvalue weighted by Crippen LogP contribution is 2.15. The number of ether oxygens (including phenoxy) is 3. The standard InChI is InChI=1S/C51H91NO7/c1-6-8-10-12-14-16-18-20-21-22-23-24-25-26-27-28-30-32-34-36-38-40-42-50(54)59-47(45-57-44-43-48(51(55)56)52(3,4)5)46-58-49(53)41-39-37-35-33-31-29-19-17-15-13-11-9-7-2/h8,10,14,16,20-21,23-24,47-48H,6-7,9,11-13,15,17-19,22,25-46H2,1-5H3/b10-8+,16-14+,21-20+,24-23+. The Balaban J connectivity index is 4.26. The Morgan fingerprint density at radius 1 is 0.525 bits per heavy atom. The van der Waals surface area contributed by atoms with Gasteiger partial charge in [-0.05, 0) is 51.4 Å². The number of hydrogen-bond donors (Lipinski definition) is 0. The minimum Gasteiger partial charge on any atom is -0.544 e. The van der Waals surface area contributed by atoms with Crippen molar-refractivity contribution in [3.8, 4) is 0 Å². The molecule has 59 heavy (non-hydrogen) atoms. The summed E-state index contributed by atoms with van der Waals surface area (Å²) in [6.45, 7) is 4.56. The van der Waals surface area contributed by atoms with Crippen LogP contribution >= 0.6 is 0 Å². The van der Waals surface area contributed by atoms with Crippen molar-refractivity contribution in [1.82, 2.24) is 0 Å². The quantitative estimate of drug-likeness (QED) is 0.0261. The summed E-state index contributed by atoms with van der Waals surface area (Å²) in [4.78, 5) is 36.9. The van der Waals surface area contributed by atoms with Crippen LogP contribution < -0.4 is 5.11 Å². The maximum absolute atomic E-state index is 12.8. The molecule has 0 aromatic heterocycles. The van der Waals surface area contributed by atoms with Crippen LogP contribution in [0.4, 0.5) is 0 Å². The molecule has 0 aliphatic carbocycles. The number of likely N-dealkylation sites (N-methyl/N-ethyl adjacent to an activating group) is 1. The zero-order valence-electron chi connectivity index (χ0n) is 38.9. The third-order valence-electron chi connectivity index (χ3n) is 10.7. The second-order valence-corrected chi connectivity index (χ2v) is 17.3. The van der Waals surface area contributed by atoms with Crippen molar-refractivity contribution < 1.29 is 38.2 Å². The number of allylic oxidation sites excluding steroid dienone is 8. The third kappa shape index (κ3) is 40.5. The molecule has 0 saturated carbocycles. The number of esters is 2. The van der Waals surface area contributed by atoms with Crippen LogP contribution in [-0.2, 0) is 28.6 Å². The highest BCUT2D eigenvalue weighted by Gasteiger charge is 2.25. The molecule has 8 nitrogen and oxygen atoms in total. The minimum atomic E-state index is -1.13. The molecule has 8 heteroatoms. The molecule has 0 radical (unpaired) electrons. The third-order valence-corrected chi connectivity index (χ3v) is 10.7. The molecule has 0 saturated heterocycles. The summed E-state index contributed by atoms with van der Waals surface area (Å²) < 4.78 is 17.2. The number of unbranched alkanes of at least 4 members (excludes halogenated alkanes) is 21. The van der Waals surface area contributed by atoms with E-state index in [0.29, 0.717) is 12.8 Å². The van der Waals surface area contributed by atoms with Gasteiger partial charge in [0, 0.05) is 19.3 Å². The average Bonchev–Trinajstić information content (AvgIpc) is 3.19. The molecule has 0 amide bonds. The van der Waals surface area contributed by atoms with Gasteiger partial charge in [0.25, 0.3) is 0 Å². The van der Waals surface area contributed by atoms with E-state index in [-0.39, 0.29) is 42.7 Å². The first-order valence-electron chi connectivity index (χ1n) is 24.2. The number of hydrogen-bond acceptors (Lipinski definition) is 7. The molecule has 0 spiro atoms. The fourth-order valence-electron chi connectivity index (χ4n) is 7.00. The van der Waals surface area contributed by atoms with E-state index >= 15 is 0 Å². The fourth-order valence-corrected chi connectivity index (χ4v) is 7.00. The smallest absolute Gasteiger partial charge is 0.306 e. The van der Waals surface area contributed by atoms with E-state index in [4.69, 9.17) is 14.2 Å². The summed E-state index contributed by atoms with van der Waals surface area (Å²) in [5, 5.41) is 11.6. The Morgan fingerprint density at radius 2 is 0.949 bits per heavy atom. The van der Waals surface area contributed by atoms with E-state index in [9.17, 15) is 19.5 Å². The van der Waals surface area contributed by atoms with Crippen molar-refractivity contribution >= 4 is 17.9 Å². The van der Waals surface area contributed by atoms with E-state index in [1.54, 1.807) is 21.1 Å². The van der Waals surface area contributed by atoms with Crippen molar-refractivity contribution in [3.05, 3.63) is 48.6 Å². The second-order valence-electron chi connectivity index (χ2n) is 17.3. The van der Waals surface area contributed by atoms with Gasteiger partial charge in [-0.1, -0.05) is 184 Å². The number of aliphatic carboxylic acids is 1. The predicted octanol–water partition coefficient (Wildman–Crippen LogP) is 12.3. The Bertz CT molecular complexity index is 1110. The Labute approximate surface area is 363 Å². The van der Waals surface area contributed by atoms with Crippen LogP contribution in [-0.4, -0.2) is 75.5 Å². The SMILES string of the molecule is CC/C=C/C/C=C/C/C=C/C/C=C/CCCCCCCCCCCC(=O)OC(COCCC(C(=O)[O-])[N+](C)(C)C)COC(=O)CCCCCCCCCCCCCCC. The number of carboxylic acids is 1. The molecule has 0 fully saturated rings. The number of carbonyl (C=O) groups is 3. The van der Waals surface area contributed by atoms with E-state index in [2.05, 4.69) is 62.5 Å². The number of carbonyl (C=O) groups excluding carboxylic acids is 3. The van der Waals surface area contributed by atoms with Crippen LogP contribution in [0.2, 0.25) is 0 Å². The lowest BCUT2D eigenvalue weighted by atomic mass is 10.0. The molecule has 342 valence electrons. The highest BCUT2D eigenvalue weighted by molar-refractivity contribution is 5.70. The molecule has 0 aromatic rings. The first-order valence-corrected chi connectivity index (χ1v) is 24.2. The summed E-state index contributed by atoms with van der Waals surface area (Å²) in [5.74, 6) is -1.74. The molecule has 0 aliphatic heterocycles. The van der Waals surface area contributed by atoms with Crippen LogP contribution in [0.3, 0.4) is 0 Å². The van der Waals surface area contributed by atoms with Crippen LogP contribution in [0.25, 0.3) is 0 Å². The maximum Gasteiger partial charge on any atom is 0.306 e. The molecule has 0 aliphatic rings. The van der Waals surface area contributed by atoms with Crippen LogP contribution in [0.15, 0.2) is 48.6 Å². The largest absolute Gasteiger partial charge is 0.544 e. The number of quaternary nitrogens is 1. The molecule has 2 atom stereocenters. The fraction of sp³-hybridized carbons (Fsp3) is 0.784. The number of nitrogens with zero attached hydrogens (tertiary/aromatic N) is 1. The van der Waals surface area contributed by atoms with Crippen molar-refractivity contribution in [2.75, 3.05) is 41.0 Å². The van der Waals surface area contributed by atoms with Gasteiger partial charge in [0.15, 0.2) is 6.10 Å². The van der Waals surface area contributed by atoms with Crippen molar-refractivity contribution in [1.29, 1.82) is 0 Å². The van der Waals surface area contributed by atoms with Crippen molar-refractivity contribution in [3.63, 3.8) is 0 Å². The average molecular weight is 830 g/mol. The summed E-state index contributed by atoms with van der Waals surface area (Å²) in [5.41, 5.74) is 0. The van der Waals surface area contributed by atoms with Crippen LogP contribution in [0.5, 0.6) is 0 Å². The summed E-state index contributed by atoms with van der Waals surface area (Å²) in [6, 6.07) is -0.726. The van der Waals surface area contributed by atoms with Gasteiger partial charge < -0.3 is 28.6 Å². The normalized spacial score (nSPS) is 13.3. The molecule has 2 unspecified atom stereocenters. The van der Waals surface area contributed by atoms with Gasteiger partial charge in [0.1, 0.15) is 12.6 Å². The zero-order chi connectivity index (χ0) is 43.5. The monoisotopic (exact) mass is 830 g/mol. The van der Waals surface area contributed by atoms with Gasteiger partial charge in [0.2, 0.25) is 0 Å². The van der Waals surface area contributed by atoms with Gasteiger partial charge in [-0.25, -0.2) is 0 Å². The summed E-state index contributed by atoms with van der Waals surface area (Å²) in [6.07, 6.45) is 49.9. The van der Waals surface area contributed by atoms with E-state index in [1.807, 2.05) is 0 Å². The molecule has 0 bridgehead atoms. The van der Waals surface area contributed by atoms with Crippen LogP contribution in [0, 0.1) is 0 Å². The lowest BCUT2D eigenvalue weighted by Crippen LogP contribution is -2.55. The van der Waals surface area contributed by atoms with Gasteiger partial charge in [-0.15, -0.1) is 0 Å². The molecule has 0 heterocycles. The predicted molar refractivity (Wildman–Crippen MR) is 245 cm³/mol. The summed E-state index contributed by atoms with van der Waals surface area (Å²) >= 11 is 0. The first-order chi connectivity index (χ1) is 28.6. The Kier molecular flexibility index (Phi) is 40.1. The number of carboxylic acid groups (broad SMARTS) is 1. The van der Waals surface area contributed by atoms with E-state index in [0.717, 1.165) is 70.6 Å². The van der Waals surface area contributed by atoms with Gasteiger partial charge >= 0.3 is 11.9 Å².